The van der Waals surface area contributed by atoms with E-state index in [1.807, 2.05) is 11.5 Å². The monoisotopic (exact) mass is 540 g/mol. The van der Waals surface area contributed by atoms with E-state index in [0.717, 1.165) is 18.4 Å². The van der Waals surface area contributed by atoms with E-state index in [4.69, 9.17) is 4.52 Å². The Hall–Kier alpha value is -3.60. The van der Waals surface area contributed by atoms with E-state index in [-0.39, 0.29) is 59.0 Å². The molecule has 2 aromatic heterocycles. The highest BCUT2D eigenvalue weighted by atomic mass is 32.2. The largest absolute Gasteiger partial charge is 0.367 e. The van der Waals surface area contributed by atoms with Crippen LogP contribution >= 0.6 is 0 Å². The van der Waals surface area contributed by atoms with Crippen molar-refractivity contribution in [1.82, 2.24) is 14.7 Å². The third-order valence-electron chi connectivity index (χ3n) is 7.41. The van der Waals surface area contributed by atoms with E-state index < -0.39 is 21.1 Å². The molecular formula is C27H26F2N4O4S. The van der Waals surface area contributed by atoms with E-state index in [1.54, 1.807) is 29.3 Å². The summed E-state index contributed by atoms with van der Waals surface area (Å²) >= 11 is 0. The van der Waals surface area contributed by atoms with Crippen LogP contribution in [0.15, 0.2) is 51.9 Å². The van der Waals surface area contributed by atoms with Crippen molar-refractivity contribution in [2.45, 2.75) is 32.2 Å². The lowest BCUT2D eigenvalue weighted by Gasteiger charge is -2.29. The molecule has 0 bridgehead atoms. The number of halogens is 2. The van der Waals surface area contributed by atoms with Gasteiger partial charge < -0.3 is 14.0 Å². The molecule has 4 aromatic rings. The molecule has 3 heterocycles. The molecule has 6 rings (SSSR count). The Balaban J connectivity index is 1.41. The van der Waals surface area contributed by atoms with Crippen molar-refractivity contribution >= 4 is 26.4 Å². The average Bonchev–Trinajstić information content (AvgIpc) is 3.58. The predicted octanol–water partition coefficient (Wildman–Crippen LogP) is 4.13. The molecule has 1 unspecified atom stereocenters. The van der Waals surface area contributed by atoms with Gasteiger partial charge in [0.1, 0.15) is 11.6 Å². The summed E-state index contributed by atoms with van der Waals surface area (Å²) in [5.74, 6) is -0.467. The van der Waals surface area contributed by atoms with E-state index in [0.29, 0.717) is 23.7 Å². The number of sulfone groups is 1. The molecule has 2 fully saturated rings. The first-order chi connectivity index (χ1) is 18.2. The van der Waals surface area contributed by atoms with Crippen LogP contribution in [0.25, 0.3) is 22.3 Å². The molecule has 1 aliphatic carbocycles. The van der Waals surface area contributed by atoms with Crippen molar-refractivity contribution in [3.8, 4) is 11.4 Å². The first-order valence-corrected chi connectivity index (χ1v) is 14.4. The zero-order valence-corrected chi connectivity index (χ0v) is 21.5. The fraction of sp³-hybridized carbons (Fsp3) is 0.370. The third kappa shape index (κ3) is 4.70. The molecule has 1 atom stereocenters. The molecule has 1 saturated heterocycles. The second kappa shape index (κ2) is 9.30. The highest BCUT2D eigenvalue weighted by Gasteiger charge is 2.27. The van der Waals surface area contributed by atoms with Gasteiger partial charge in [-0.1, -0.05) is 17.3 Å². The smallest absolute Gasteiger partial charge is 0.234 e. The van der Waals surface area contributed by atoms with Crippen molar-refractivity contribution in [1.29, 1.82) is 0 Å². The minimum atomic E-state index is -3.12. The van der Waals surface area contributed by atoms with Crippen LogP contribution in [0.3, 0.4) is 0 Å². The topological polar surface area (TPSA) is 98.3 Å². The number of hydrogen-bond donors (Lipinski definition) is 0. The van der Waals surface area contributed by atoms with E-state index in [9.17, 15) is 17.6 Å². The van der Waals surface area contributed by atoms with Gasteiger partial charge in [-0.2, -0.15) is 4.98 Å². The maximum atomic E-state index is 15.3. The van der Waals surface area contributed by atoms with Gasteiger partial charge in [0.25, 0.3) is 0 Å². The molecule has 38 heavy (non-hydrogen) atoms. The fourth-order valence-electron chi connectivity index (χ4n) is 4.90. The summed E-state index contributed by atoms with van der Waals surface area (Å²) in [6.07, 6.45) is 3.84. The van der Waals surface area contributed by atoms with Gasteiger partial charge in [-0.05, 0) is 55.5 Å². The van der Waals surface area contributed by atoms with Crippen molar-refractivity contribution < 1.29 is 21.7 Å². The van der Waals surface area contributed by atoms with Gasteiger partial charge in [-0.15, -0.1) is 0 Å². The van der Waals surface area contributed by atoms with Gasteiger partial charge >= 0.3 is 0 Å². The number of nitrogens with zero attached hydrogens (tertiary/aromatic N) is 4. The Morgan fingerprint density at radius 3 is 2.50 bits per heavy atom. The van der Waals surface area contributed by atoms with Crippen LogP contribution in [-0.2, 0) is 16.4 Å². The van der Waals surface area contributed by atoms with Crippen LogP contribution in [-0.4, -0.2) is 47.7 Å². The van der Waals surface area contributed by atoms with Gasteiger partial charge in [0.05, 0.1) is 34.2 Å². The van der Waals surface area contributed by atoms with E-state index >= 15 is 4.39 Å². The zero-order valence-electron chi connectivity index (χ0n) is 20.7. The van der Waals surface area contributed by atoms with Crippen molar-refractivity contribution in [2.24, 2.45) is 5.92 Å². The lowest BCUT2D eigenvalue weighted by molar-refractivity contribution is 0.370. The molecule has 0 spiro atoms. The summed E-state index contributed by atoms with van der Waals surface area (Å²) in [5.41, 5.74) is 1.44. The second-order valence-corrected chi connectivity index (χ2v) is 12.5. The minimum Gasteiger partial charge on any atom is -0.367 e. The molecule has 0 radical (unpaired) electrons. The molecule has 0 amide bonds. The summed E-state index contributed by atoms with van der Waals surface area (Å²) in [6.45, 7) is 2.90. The Morgan fingerprint density at radius 2 is 1.82 bits per heavy atom. The van der Waals surface area contributed by atoms with Crippen LogP contribution in [0.5, 0.6) is 0 Å². The van der Waals surface area contributed by atoms with Crippen LogP contribution < -0.4 is 10.3 Å². The number of rotatable bonds is 6. The van der Waals surface area contributed by atoms with Crippen LogP contribution in [0, 0.1) is 17.6 Å². The fourth-order valence-corrected chi connectivity index (χ4v) is 6.10. The highest BCUT2D eigenvalue weighted by Crippen LogP contribution is 2.34. The normalized spacial score (nSPS) is 18.1. The maximum Gasteiger partial charge on any atom is 0.234 e. The first-order valence-electron chi connectivity index (χ1n) is 12.6. The number of aromatic nitrogens is 3. The Morgan fingerprint density at radius 1 is 1.11 bits per heavy atom. The molecular weight excluding hydrogens is 514 g/mol. The van der Waals surface area contributed by atoms with Crippen molar-refractivity contribution in [3.05, 3.63) is 75.9 Å². The molecule has 0 N–H and O–H groups in total. The average molecular weight is 541 g/mol. The van der Waals surface area contributed by atoms with E-state index in [1.165, 1.54) is 18.2 Å². The standard InChI is InChI=1S/C27H26F2N4O4S/c1-16(18-4-6-19(28)7-5-18)27-30-26(31-37-27)21-15-33(14-17-2-3-17)23-13-24(22(29)12-20(23)25(21)34)32-8-10-38(35,36)11-9-32/h4-7,12-13,15-17H,2-3,8-11,14H2,1H3. The highest BCUT2D eigenvalue weighted by molar-refractivity contribution is 7.91. The molecule has 1 aliphatic heterocycles. The summed E-state index contributed by atoms with van der Waals surface area (Å²) in [5, 5.41) is 4.25. The summed E-state index contributed by atoms with van der Waals surface area (Å²) in [6, 6.07) is 8.87. The SMILES string of the molecule is CC(c1ccc(F)cc1)c1nc(-c2cn(CC3CC3)c3cc(N4CCS(=O)(=O)CC4)c(F)cc3c2=O)no1. The molecule has 8 nitrogen and oxygen atoms in total. The molecule has 2 aromatic carbocycles. The number of anilines is 1. The Labute approximate surface area is 217 Å². The van der Waals surface area contributed by atoms with Crippen molar-refractivity contribution in [3.63, 3.8) is 0 Å². The minimum absolute atomic E-state index is 0.0329. The Kier molecular flexibility index (Phi) is 6.05. The maximum absolute atomic E-state index is 15.3. The van der Waals surface area contributed by atoms with Gasteiger partial charge in [0.2, 0.25) is 17.1 Å². The van der Waals surface area contributed by atoms with Crippen molar-refractivity contribution in [2.75, 3.05) is 29.5 Å². The van der Waals surface area contributed by atoms with Gasteiger partial charge in [0.15, 0.2) is 9.84 Å². The van der Waals surface area contributed by atoms with Crippen LogP contribution in [0.1, 0.15) is 37.1 Å². The second-order valence-electron chi connectivity index (χ2n) is 10.2. The first kappa shape index (κ1) is 24.7. The number of pyridine rings is 1. The molecule has 198 valence electrons. The molecule has 1 saturated carbocycles. The predicted molar refractivity (Wildman–Crippen MR) is 139 cm³/mol. The molecule has 11 heteroatoms. The molecule has 2 aliphatic rings. The summed E-state index contributed by atoms with van der Waals surface area (Å²) in [4.78, 5) is 19.7. The third-order valence-corrected chi connectivity index (χ3v) is 9.02. The number of fused-ring (bicyclic) bond motifs is 1. The number of benzene rings is 2. The van der Waals surface area contributed by atoms with Gasteiger partial charge in [0, 0.05) is 31.2 Å². The lowest BCUT2D eigenvalue weighted by atomic mass is 10.0. The lowest BCUT2D eigenvalue weighted by Crippen LogP contribution is -2.40. The summed E-state index contributed by atoms with van der Waals surface area (Å²) < 4.78 is 59.8. The van der Waals surface area contributed by atoms with Gasteiger partial charge in [-0.3, -0.25) is 4.79 Å². The van der Waals surface area contributed by atoms with Crippen LogP contribution in [0.2, 0.25) is 0 Å². The van der Waals surface area contributed by atoms with Gasteiger partial charge in [-0.25, -0.2) is 17.2 Å². The zero-order chi connectivity index (χ0) is 26.6. The number of hydrogen-bond acceptors (Lipinski definition) is 7. The quantitative estimate of drug-likeness (QED) is 0.363. The van der Waals surface area contributed by atoms with Crippen LogP contribution in [0.4, 0.5) is 14.5 Å². The Bertz CT molecular complexity index is 1680. The summed E-state index contributed by atoms with van der Waals surface area (Å²) in [7, 11) is -3.12. The van der Waals surface area contributed by atoms with E-state index in [2.05, 4.69) is 10.1 Å².